The Bertz CT molecular complexity index is 9570. The maximum atomic E-state index is 6.65. The highest BCUT2D eigenvalue weighted by molar-refractivity contribution is 6.30. The van der Waals surface area contributed by atoms with E-state index >= 15 is 0 Å². The Hall–Kier alpha value is -18.0. The van der Waals surface area contributed by atoms with Gasteiger partial charge in [0.05, 0.1) is 39.2 Å². The average molecular weight is 1700 g/mol. The van der Waals surface area contributed by atoms with Crippen molar-refractivity contribution in [3.63, 3.8) is 0 Å². The van der Waals surface area contributed by atoms with Crippen LogP contribution in [0.2, 0.25) is 0 Å². The molecule has 133 heavy (non-hydrogen) atoms. The van der Waals surface area contributed by atoms with Gasteiger partial charge >= 0.3 is 0 Å². The van der Waals surface area contributed by atoms with Crippen molar-refractivity contribution in [1.29, 1.82) is 0 Å². The van der Waals surface area contributed by atoms with Gasteiger partial charge in [-0.25, -0.2) is 34.9 Å². The van der Waals surface area contributed by atoms with Gasteiger partial charge in [0, 0.05) is 87.2 Å². The molecule has 22 aromatic carbocycles. The zero-order valence-corrected chi connectivity index (χ0v) is 71.5. The third-order valence-electron chi connectivity index (χ3n) is 26.2. The van der Waals surface area contributed by atoms with E-state index in [9.17, 15) is 0 Å². The summed E-state index contributed by atoms with van der Waals surface area (Å²) in [5.41, 5.74) is 21.9. The number of rotatable bonds is 9. The first-order valence-corrected chi connectivity index (χ1v) is 44.8. The van der Waals surface area contributed by atoms with Gasteiger partial charge < -0.3 is 13.3 Å². The molecule has 0 fully saturated rings. The molecule has 6 aromatic heterocycles. The molecule has 0 N–H and O–H groups in total. The zero-order valence-electron chi connectivity index (χ0n) is 71.5. The van der Waals surface area contributed by atoms with Crippen LogP contribution in [0.15, 0.2) is 456 Å². The second kappa shape index (κ2) is 31.5. The molecule has 0 amide bonds. The summed E-state index contributed by atoms with van der Waals surface area (Å²) in [5, 5.41) is 26.9. The summed E-state index contributed by atoms with van der Waals surface area (Å²) in [6.45, 7) is 0. The van der Waals surface area contributed by atoms with Crippen molar-refractivity contribution in [3.05, 3.63) is 443 Å². The lowest BCUT2D eigenvalue weighted by atomic mass is 9.93. The summed E-state index contributed by atoms with van der Waals surface area (Å²) in [6, 6.07) is 154. The molecule has 10 nitrogen and oxygen atoms in total. The van der Waals surface area contributed by atoms with Crippen LogP contribution in [0.3, 0.4) is 0 Å². The molecule has 28 aromatic rings. The highest BCUT2D eigenvalue weighted by Gasteiger charge is 2.25. The normalized spacial score (nSPS) is 11.8. The minimum atomic E-state index is 0.644. The topological polar surface area (TPSA) is 130 Å². The molecule has 0 aliphatic carbocycles. The standard InChI is InChI=1S/C45H27N3O.C40H24N2O.C38H22N2O/c1-3-12-30(13-4-1)43-46-44(31-14-5-2-6-15-31)48-45(47-43)37-24-23-33(35-17-9-10-18-36(35)37)32-22-25-39-38(27-32)42-40(49-39)26-21-29-20-19-28-11-7-8-16-34(28)41(29)42;1-2-10-25(11-3-1)28-13-8-14-29(24-28)38-31-16-6-7-19-34(31)41-40(42-38)33-18-9-17-32-37-35(43-39(32)33)23-22-27-21-20-26-12-4-5-15-30(26)36(27)37;1-2-9-26-21-27(16-13-23(26)7-1)37-38(40-32-12-6-5-11-31(32)39-37)28-18-19-33-30(22-28)36-34(41-33)20-17-25-15-14-24-8-3-4-10-29(24)35(25)36/h1-27H;1-24H;1-22H. The van der Waals surface area contributed by atoms with E-state index in [1.165, 1.54) is 81.0 Å². The first-order valence-electron chi connectivity index (χ1n) is 44.8. The van der Waals surface area contributed by atoms with Crippen LogP contribution in [-0.4, -0.2) is 34.9 Å². The molecule has 28 rings (SSSR count). The fourth-order valence-electron chi connectivity index (χ4n) is 19.9. The molecular weight excluding hydrogens is 1620 g/mol. The predicted octanol–water partition coefficient (Wildman–Crippen LogP) is 33.1. The molecule has 0 aliphatic heterocycles. The van der Waals surface area contributed by atoms with Crippen molar-refractivity contribution in [2.45, 2.75) is 0 Å². The third kappa shape index (κ3) is 13.2. The molecule has 6 heterocycles. The third-order valence-corrected chi connectivity index (χ3v) is 26.2. The van der Waals surface area contributed by atoms with Gasteiger partial charge in [-0.2, -0.15) is 0 Å². The van der Waals surface area contributed by atoms with Crippen molar-refractivity contribution in [2.75, 3.05) is 0 Å². The van der Waals surface area contributed by atoms with E-state index < -0.39 is 0 Å². The lowest BCUT2D eigenvalue weighted by Crippen LogP contribution is -2.00. The van der Waals surface area contributed by atoms with Gasteiger partial charge in [-0.3, -0.25) is 0 Å². The molecule has 0 saturated carbocycles. The fraction of sp³-hybridized carbons (Fsp3) is 0. The lowest BCUT2D eigenvalue weighted by molar-refractivity contribution is 0.669. The van der Waals surface area contributed by atoms with Gasteiger partial charge in [-0.05, 0) is 183 Å². The van der Waals surface area contributed by atoms with Crippen LogP contribution in [0, 0.1) is 0 Å². The molecule has 618 valence electrons. The quantitative estimate of drug-likeness (QED) is 0.129. The van der Waals surface area contributed by atoms with Crippen LogP contribution in [0.5, 0.6) is 0 Å². The van der Waals surface area contributed by atoms with E-state index in [0.29, 0.717) is 23.3 Å². The number of benzene rings is 22. The average Bonchev–Trinajstić information content (AvgIpc) is 1.59. The largest absolute Gasteiger partial charge is 0.456 e. The van der Waals surface area contributed by atoms with Gasteiger partial charge in [0.15, 0.2) is 23.3 Å². The minimum Gasteiger partial charge on any atom is -0.456 e. The molecule has 0 radical (unpaired) electrons. The summed E-state index contributed by atoms with van der Waals surface area (Å²) < 4.78 is 19.5. The SMILES string of the molecule is c1ccc(-c2cccc(-c3nc(-c4cccc5c4oc4ccc6ccc7ccccc7c6c45)nc4ccccc34)c2)cc1.c1ccc(-c2nc(-c3ccccc3)nc(-c3ccc(-c4ccc5oc6ccc7ccc8ccccc8c7c6c5c4)c4ccccc34)n2)cc1.c1ccc2cc(-c3nc4ccccc4nc3-c3ccc4oc5ccc6ccc7ccccc7c6c5c4c3)ccc2c1. The Kier molecular flexibility index (Phi) is 18.1. The van der Waals surface area contributed by atoms with E-state index in [4.69, 9.17) is 48.1 Å². The van der Waals surface area contributed by atoms with E-state index in [-0.39, 0.29) is 0 Å². The van der Waals surface area contributed by atoms with Gasteiger partial charge in [0.1, 0.15) is 33.5 Å². The second-order valence-electron chi connectivity index (χ2n) is 34.0. The zero-order chi connectivity index (χ0) is 87.6. The predicted molar refractivity (Wildman–Crippen MR) is 550 cm³/mol. The molecule has 0 saturated heterocycles. The smallest absolute Gasteiger partial charge is 0.164 e. The number of hydrogen-bond acceptors (Lipinski definition) is 10. The molecule has 0 unspecified atom stereocenters. The van der Waals surface area contributed by atoms with Gasteiger partial charge in [0.2, 0.25) is 0 Å². The van der Waals surface area contributed by atoms with Crippen LogP contribution < -0.4 is 0 Å². The molecular formula is C123H73N7O3. The first-order chi connectivity index (χ1) is 65.9. The van der Waals surface area contributed by atoms with Crippen LogP contribution in [0.4, 0.5) is 0 Å². The molecule has 0 atom stereocenters. The van der Waals surface area contributed by atoms with Crippen molar-refractivity contribution in [3.8, 4) is 102 Å². The van der Waals surface area contributed by atoms with Crippen molar-refractivity contribution < 1.29 is 13.3 Å². The van der Waals surface area contributed by atoms with E-state index in [1.54, 1.807) is 0 Å². The highest BCUT2D eigenvalue weighted by atomic mass is 16.3. The van der Waals surface area contributed by atoms with E-state index in [2.05, 4.69) is 340 Å². The number of aromatic nitrogens is 7. The Balaban J connectivity index is 0.000000105. The molecule has 0 spiro atoms. The maximum Gasteiger partial charge on any atom is 0.164 e. The molecule has 0 aliphatic rings. The van der Waals surface area contributed by atoms with E-state index in [0.717, 1.165) is 171 Å². The van der Waals surface area contributed by atoms with Crippen molar-refractivity contribution >= 4 is 174 Å². The van der Waals surface area contributed by atoms with Gasteiger partial charge in [0.25, 0.3) is 0 Å². The monoisotopic (exact) mass is 1700 g/mol. The second-order valence-corrected chi connectivity index (χ2v) is 34.0. The minimum absolute atomic E-state index is 0.644. The van der Waals surface area contributed by atoms with Gasteiger partial charge in [-0.1, -0.05) is 352 Å². The molecule has 10 heteroatoms. The summed E-state index contributed by atoms with van der Waals surface area (Å²) in [5.74, 6) is 2.59. The van der Waals surface area contributed by atoms with Crippen molar-refractivity contribution in [1.82, 2.24) is 34.9 Å². The summed E-state index contributed by atoms with van der Waals surface area (Å²) in [6.07, 6.45) is 0. The Morgan fingerprint density at radius 3 is 1.09 bits per heavy atom. The lowest BCUT2D eigenvalue weighted by Gasteiger charge is -2.13. The summed E-state index contributed by atoms with van der Waals surface area (Å²) in [7, 11) is 0. The first kappa shape index (κ1) is 76.3. The van der Waals surface area contributed by atoms with Crippen LogP contribution in [0.1, 0.15) is 0 Å². The molecule has 0 bridgehead atoms. The van der Waals surface area contributed by atoms with Crippen LogP contribution >= 0.6 is 0 Å². The highest BCUT2D eigenvalue weighted by Crippen LogP contribution is 2.48. The maximum absolute atomic E-state index is 6.65. The van der Waals surface area contributed by atoms with Gasteiger partial charge in [-0.15, -0.1) is 0 Å². The summed E-state index contributed by atoms with van der Waals surface area (Å²) in [4.78, 5) is 35.6. The Morgan fingerprint density at radius 1 is 0.143 bits per heavy atom. The van der Waals surface area contributed by atoms with Crippen molar-refractivity contribution in [2.24, 2.45) is 0 Å². The van der Waals surface area contributed by atoms with Crippen LogP contribution in [-0.2, 0) is 0 Å². The number of para-hydroxylation sites is 4. The Labute approximate surface area is 761 Å². The fourth-order valence-corrected chi connectivity index (χ4v) is 19.9. The number of fused-ring (bicyclic) bond motifs is 25. The number of furan rings is 3. The number of hydrogen-bond donors (Lipinski definition) is 0. The summed E-state index contributed by atoms with van der Waals surface area (Å²) >= 11 is 0. The number of nitrogens with zero attached hydrogens (tertiary/aromatic N) is 7. The van der Waals surface area contributed by atoms with Crippen LogP contribution in [0.25, 0.3) is 276 Å². The van der Waals surface area contributed by atoms with E-state index in [1.807, 2.05) is 103 Å². The Morgan fingerprint density at radius 2 is 0.511 bits per heavy atom.